The lowest BCUT2D eigenvalue weighted by molar-refractivity contribution is -0.142. The summed E-state index contributed by atoms with van der Waals surface area (Å²) in [5, 5.41) is 9.13. The highest BCUT2D eigenvalue weighted by atomic mass is 16.4. The standard InChI is InChI=1S/C15H29NO2/c1-4-5-6-7-8-9-12(2)16-11-10-14(13(16)3)15(17)18/h12-14H,4-11H2,1-3H3,(H,17,18). The summed E-state index contributed by atoms with van der Waals surface area (Å²) in [4.78, 5) is 13.5. The maximum atomic E-state index is 11.1. The summed E-state index contributed by atoms with van der Waals surface area (Å²) in [5.74, 6) is -0.785. The molecule has 0 aromatic rings. The van der Waals surface area contributed by atoms with Gasteiger partial charge in [0.15, 0.2) is 0 Å². The molecule has 0 saturated carbocycles. The van der Waals surface area contributed by atoms with Crippen LogP contribution in [0.2, 0.25) is 0 Å². The maximum Gasteiger partial charge on any atom is 0.308 e. The fourth-order valence-corrected chi connectivity index (χ4v) is 3.12. The van der Waals surface area contributed by atoms with Crippen molar-refractivity contribution in [2.45, 2.75) is 77.8 Å². The first-order chi connectivity index (χ1) is 8.57. The van der Waals surface area contributed by atoms with Crippen molar-refractivity contribution in [3.63, 3.8) is 0 Å². The quantitative estimate of drug-likeness (QED) is 0.674. The smallest absolute Gasteiger partial charge is 0.308 e. The molecule has 1 rings (SSSR count). The molecule has 1 heterocycles. The minimum Gasteiger partial charge on any atom is -0.481 e. The number of aliphatic carboxylic acids is 1. The molecule has 1 aliphatic rings. The molecule has 0 aromatic carbocycles. The summed E-state index contributed by atoms with van der Waals surface area (Å²) in [6.45, 7) is 7.51. The molecule has 1 fully saturated rings. The van der Waals surface area contributed by atoms with Gasteiger partial charge >= 0.3 is 5.97 Å². The van der Waals surface area contributed by atoms with Crippen LogP contribution in [-0.4, -0.2) is 34.6 Å². The molecular weight excluding hydrogens is 226 g/mol. The van der Waals surface area contributed by atoms with Gasteiger partial charge in [-0.25, -0.2) is 0 Å². The van der Waals surface area contributed by atoms with Gasteiger partial charge in [0.05, 0.1) is 5.92 Å². The van der Waals surface area contributed by atoms with Gasteiger partial charge in [-0.15, -0.1) is 0 Å². The second kappa shape index (κ2) is 7.78. The van der Waals surface area contributed by atoms with Crippen LogP contribution in [0.4, 0.5) is 0 Å². The predicted molar refractivity (Wildman–Crippen MR) is 74.7 cm³/mol. The summed E-state index contributed by atoms with van der Waals surface area (Å²) in [6.07, 6.45) is 8.60. The molecule has 3 heteroatoms. The lowest BCUT2D eigenvalue weighted by atomic mass is 10.0. The number of nitrogens with zero attached hydrogens (tertiary/aromatic N) is 1. The zero-order valence-electron chi connectivity index (χ0n) is 12.2. The van der Waals surface area contributed by atoms with E-state index in [-0.39, 0.29) is 12.0 Å². The topological polar surface area (TPSA) is 40.5 Å². The second-order valence-corrected chi connectivity index (χ2v) is 5.76. The van der Waals surface area contributed by atoms with Crippen LogP contribution in [0.1, 0.15) is 65.7 Å². The molecule has 0 radical (unpaired) electrons. The second-order valence-electron chi connectivity index (χ2n) is 5.76. The molecule has 0 aromatic heterocycles. The van der Waals surface area contributed by atoms with E-state index >= 15 is 0 Å². The largest absolute Gasteiger partial charge is 0.481 e. The highest BCUT2D eigenvalue weighted by Gasteiger charge is 2.37. The first-order valence-corrected chi connectivity index (χ1v) is 7.56. The Morgan fingerprint density at radius 1 is 1.33 bits per heavy atom. The van der Waals surface area contributed by atoms with Crippen molar-refractivity contribution in [1.82, 2.24) is 4.90 Å². The van der Waals surface area contributed by atoms with Crippen molar-refractivity contribution >= 4 is 5.97 Å². The predicted octanol–water partition coefficient (Wildman–Crippen LogP) is 3.53. The van der Waals surface area contributed by atoms with Crippen molar-refractivity contribution in [3.8, 4) is 0 Å². The van der Waals surface area contributed by atoms with E-state index in [1.807, 2.05) is 0 Å². The van der Waals surface area contributed by atoms with Crippen LogP contribution < -0.4 is 0 Å². The van der Waals surface area contributed by atoms with Crippen LogP contribution in [0, 0.1) is 5.92 Å². The minimum absolute atomic E-state index is 0.160. The van der Waals surface area contributed by atoms with Gasteiger partial charge in [-0.2, -0.15) is 0 Å². The highest BCUT2D eigenvalue weighted by molar-refractivity contribution is 5.71. The van der Waals surface area contributed by atoms with E-state index in [9.17, 15) is 4.79 Å². The summed E-state index contributed by atoms with van der Waals surface area (Å²) in [6, 6.07) is 0.735. The molecule has 0 spiro atoms. The summed E-state index contributed by atoms with van der Waals surface area (Å²) in [5.41, 5.74) is 0. The Morgan fingerprint density at radius 2 is 2.00 bits per heavy atom. The molecule has 1 saturated heterocycles. The molecule has 0 aliphatic carbocycles. The Balaban J connectivity index is 2.26. The summed E-state index contributed by atoms with van der Waals surface area (Å²) in [7, 11) is 0. The van der Waals surface area contributed by atoms with Gasteiger partial charge in [-0.05, 0) is 33.2 Å². The number of likely N-dealkylation sites (tertiary alicyclic amines) is 1. The van der Waals surface area contributed by atoms with Crippen molar-refractivity contribution in [3.05, 3.63) is 0 Å². The van der Waals surface area contributed by atoms with Crippen molar-refractivity contribution in [2.75, 3.05) is 6.54 Å². The first-order valence-electron chi connectivity index (χ1n) is 7.56. The van der Waals surface area contributed by atoms with Crippen molar-refractivity contribution in [1.29, 1.82) is 0 Å². The van der Waals surface area contributed by atoms with E-state index in [1.54, 1.807) is 0 Å². The molecule has 3 atom stereocenters. The van der Waals surface area contributed by atoms with Gasteiger partial charge in [-0.3, -0.25) is 9.69 Å². The summed E-state index contributed by atoms with van der Waals surface area (Å²) < 4.78 is 0. The minimum atomic E-state index is -0.625. The van der Waals surface area contributed by atoms with Crippen LogP contribution in [0.5, 0.6) is 0 Å². The van der Waals surface area contributed by atoms with Crippen LogP contribution >= 0.6 is 0 Å². The number of carboxylic acid groups (broad SMARTS) is 1. The number of carbonyl (C=O) groups is 1. The molecular formula is C15H29NO2. The van der Waals surface area contributed by atoms with E-state index in [0.29, 0.717) is 6.04 Å². The van der Waals surface area contributed by atoms with E-state index in [0.717, 1.165) is 13.0 Å². The Labute approximate surface area is 112 Å². The van der Waals surface area contributed by atoms with Gasteiger partial charge in [0, 0.05) is 12.1 Å². The Hall–Kier alpha value is -0.570. The molecule has 18 heavy (non-hydrogen) atoms. The Bertz CT molecular complexity index is 255. The molecule has 106 valence electrons. The third kappa shape index (κ3) is 4.27. The van der Waals surface area contributed by atoms with Gasteiger partial charge in [0.2, 0.25) is 0 Å². The number of unbranched alkanes of at least 4 members (excludes halogenated alkanes) is 4. The fourth-order valence-electron chi connectivity index (χ4n) is 3.12. The Morgan fingerprint density at radius 3 is 2.56 bits per heavy atom. The fraction of sp³-hybridized carbons (Fsp3) is 0.933. The number of hydrogen-bond acceptors (Lipinski definition) is 2. The van der Waals surface area contributed by atoms with Crippen LogP contribution in [0.25, 0.3) is 0 Å². The normalized spacial score (nSPS) is 26.4. The average Bonchev–Trinajstić information content (AvgIpc) is 2.70. The van der Waals surface area contributed by atoms with Crippen molar-refractivity contribution < 1.29 is 9.90 Å². The molecule has 0 bridgehead atoms. The van der Waals surface area contributed by atoms with E-state index in [1.165, 1.54) is 38.5 Å². The molecule has 3 unspecified atom stereocenters. The van der Waals surface area contributed by atoms with Gasteiger partial charge in [0.1, 0.15) is 0 Å². The van der Waals surface area contributed by atoms with Crippen LogP contribution in [-0.2, 0) is 4.79 Å². The van der Waals surface area contributed by atoms with E-state index in [2.05, 4.69) is 25.7 Å². The average molecular weight is 255 g/mol. The lowest BCUT2D eigenvalue weighted by Crippen LogP contribution is -2.39. The monoisotopic (exact) mass is 255 g/mol. The maximum absolute atomic E-state index is 11.1. The zero-order valence-corrected chi connectivity index (χ0v) is 12.2. The van der Waals surface area contributed by atoms with Crippen molar-refractivity contribution in [2.24, 2.45) is 5.92 Å². The summed E-state index contributed by atoms with van der Waals surface area (Å²) >= 11 is 0. The Kier molecular flexibility index (Phi) is 6.69. The highest BCUT2D eigenvalue weighted by Crippen LogP contribution is 2.27. The van der Waals surface area contributed by atoms with Gasteiger partial charge in [-0.1, -0.05) is 39.0 Å². The SMILES string of the molecule is CCCCCCCC(C)N1CCC(C(=O)O)C1C. The number of carboxylic acids is 1. The van der Waals surface area contributed by atoms with E-state index in [4.69, 9.17) is 5.11 Å². The third-order valence-corrected chi connectivity index (χ3v) is 4.41. The molecule has 1 N–H and O–H groups in total. The lowest BCUT2D eigenvalue weighted by Gasteiger charge is -2.29. The third-order valence-electron chi connectivity index (χ3n) is 4.41. The first kappa shape index (κ1) is 15.5. The van der Waals surface area contributed by atoms with Gasteiger partial charge < -0.3 is 5.11 Å². The zero-order chi connectivity index (χ0) is 13.5. The molecule has 3 nitrogen and oxygen atoms in total. The van der Waals surface area contributed by atoms with E-state index < -0.39 is 5.97 Å². The van der Waals surface area contributed by atoms with Crippen LogP contribution in [0.3, 0.4) is 0 Å². The van der Waals surface area contributed by atoms with Crippen LogP contribution in [0.15, 0.2) is 0 Å². The van der Waals surface area contributed by atoms with Gasteiger partial charge in [0.25, 0.3) is 0 Å². The molecule has 1 aliphatic heterocycles. The number of rotatable bonds is 8. The number of hydrogen-bond donors (Lipinski definition) is 1. The molecule has 0 amide bonds.